The van der Waals surface area contributed by atoms with Gasteiger partial charge in [-0.25, -0.2) is 0 Å². The van der Waals surface area contributed by atoms with Crippen LogP contribution in [-0.4, -0.2) is 23.9 Å². The average molecular weight is 243 g/mol. The number of benzene rings is 1. The number of aryl methyl sites for hydroxylation is 1. The number of nitrogens with zero attached hydrogens (tertiary/aromatic N) is 1. The number of likely N-dealkylation sites (N-methyl/N-ethyl adjacent to an activating group) is 1. The Bertz CT molecular complexity index is 335. The minimum Gasteiger partial charge on any atom is -0.340 e. The van der Waals surface area contributed by atoms with Crippen LogP contribution in [0.4, 0.5) is 0 Å². The van der Waals surface area contributed by atoms with E-state index in [1.165, 1.54) is 5.56 Å². The smallest absolute Gasteiger partial charge is 0.239 e. The molecule has 0 aliphatic heterocycles. The number of hydrogen-bond acceptors (Lipinski definition) is 2. The first-order valence-corrected chi connectivity index (χ1v) is 5.07. The molecule has 0 bridgehead atoms. The molecular formula is C12H19ClN2O. The lowest BCUT2D eigenvalue weighted by Gasteiger charge is -2.19. The normalized spacial score (nSPS) is 11.5. The maximum absolute atomic E-state index is 11.5. The Morgan fingerprint density at radius 3 is 2.31 bits per heavy atom. The minimum absolute atomic E-state index is 0. The largest absolute Gasteiger partial charge is 0.340 e. The molecule has 16 heavy (non-hydrogen) atoms. The van der Waals surface area contributed by atoms with Gasteiger partial charge in [0.2, 0.25) is 5.91 Å². The van der Waals surface area contributed by atoms with Crippen LogP contribution >= 0.6 is 12.4 Å². The van der Waals surface area contributed by atoms with E-state index in [0.717, 1.165) is 5.56 Å². The van der Waals surface area contributed by atoms with Gasteiger partial charge in [-0.3, -0.25) is 4.79 Å². The Balaban J connectivity index is 0.00000225. The zero-order valence-corrected chi connectivity index (χ0v) is 10.8. The predicted octanol–water partition coefficient (Wildman–Crippen LogP) is 1.72. The van der Waals surface area contributed by atoms with Gasteiger partial charge in [0.15, 0.2) is 0 Å². The van der Waals surface area contributed by atoms with E-state index in [4.69, 9.17) is 5.73 Å². The first-order valence-electron chi connectivity index (χ1n) is 5.07. The van der Waals surface area contributed by atoms with Gasteiger partial charge in [0.1, 0.15) is 0 Å². The summed E-state index contributed by atoms with van der Waals surface area (Å²) in [6.45, 7) is 4.36. The molecule has 0 heterocycles. The number of carbonyl (C=O) groups excluding carboxylic acids is 1. The van der Waals surface area contributed by atoms with Gasteiger partial charge in [0, 0.05) is 13.6 Å². The van der Waals surface area contributed by atoms with Gasteiger partial charge in [0.25, 0.3) is 0 Å². The third kappa shape index (κ3) is 4.21. The molecular weight excluding hydrogens is 224 g/mol. The van der Waals surface area contributed by atoms with Gasteiger partial charge >= 0.3 is 0 Å². The monoisotopic (exact) mass is 242 g/mol. The Labute approximate surface area is 103 Å². The summed E-state index contributed by atoms with van der Waals surface area (Å²) in [4.78, 5) is 13.2. The van der Waals surface area contributed by atoms with Crippen LogP contribution in [-0.2, 0) is 11.3 Å². The van der Waals surface area contributed by atoms with Crippen molar-refractivity contribution in [3.8, 4) is 0 Å². The topological polar surface area (TPSA) is 46.3 Å². The van der Waals surface area contributed by atoms with Crippen molar-refractivity contribution in [2.24, 2.45) is 5.73 Å². The number of rotatable bonds is 3. The summed E-state index contributed by atoms with van der Waals surface area (Å²) < 4.78 is 0. The summed E-state index contributed by atoms with van der Waals surface area (Å²) in [6.07, 6.45) is 0. The molecule has 1 unspecified atom stereocenters. The zero-order chi connectivity index (χ0) is 11.4. The third-order valence-electron chi connectivity index (χ3n) is 2.31. The third-order valence-corrected chi connectivity index (χ3v) is 2.31. The molecule has 0 aliphatic carbocycles. The molecule has 0 saturated carbocycles. The molecule has 1 aromatic rings. The SMILES string of the molecule is Cc1ccc(CN(C)C(=O)C(C)N)cc1.Cl. The van der Waals surface area contributed by atoms with Gasteiger partial charge in [-0.2, -0.15) is 0 Å². The number of amides is 1. The first-order chi connectivity index (χ1) is 7.00. The number of hydrogen-bond donors (Lipinski definition) is 1. The summed E-state index contributed by atoms with van der Waals surface area (Å²) in [5.74, 6) is -0.0319. The summed E-state index contributed by atoms with van der Waals surface area (Å²) >= 11 is 0. The highest BCUT2D eigenvalue weighted by Gasteiger charge is 2.12. The van der Waals surface area contributed by atoms with E-state index in [-0.39, 0.29) is 18.3 Å². The van der Waals surface area contributed by atoms with Crippen LogP contribution in [0.5, 0.6) is 0 Å². The van der Waals surface area contributed by atoms with E-state index >= 15 is 0 Å². The van der Waals surface area contributed by atoms with Gasteiger partial charge in [-0.1, -0.05) is 29.8 Å². The standard InChI is InChI=1S/C12H18N2O.ClH/c1-9-4-6-11(7-5-9)8-14(3)12(15)10(2)13;/h4-7,10H,8,13H2,1-3H3;1H. The van der Waals surface area contributed by atoms with Crippen LogP contribution in [0.3, 0.4) is 0 Å². The number of halogens is 1. The molecule has 1 amide bonds. The van der Waals surface area contributed by atoms with Crippen molar-refractivity contribution in [3.05, 3.63) is 35.4 Å². The molecule has 1 atom stereocenters. The van der Waals surface area contributed by atoms with Crippen molar-refractivity contribution >= 4 is 18.3 Å². The van der Waals surface area contributed by atoms with Gasteiger partial charge in [-0.05, 0) is 19.4 Å². The van der Waals surface area contributed by atoms with Crippen LogP contribution in [0.1, 0.15) is 18.1 Å². The lowest BCUT2D eigenvalue weighted by Crippen LogP contribution is -2.39. The van der Waals surface area contributed by atoms with Gasteiger partial charge in [-0.15, -0.1) is 12.4 Å². The molecule has 0 fully saturated rings. The summed E-state index contributed by atoms with van der Waals surface area (Å²) in [5, 5.41) is 0. The van der Waals surface area contributed by atoms with E-state index in [1.807, 2.05) is 31.2 Å². The fourth-order valence-electron chi connectivity index (χ4n) is 1.39. The second kappa shape index (κ2) is 6.51. The Morgan fingerprint density at radius 1 is 1.38 bits per heavy atom. The molecule has 0 aromatic heterocycles. The van der Waals surface area contributed by atoms with E-state index in [0.29, 0.717) is 6.54 Å². The minimum atomic E-state index is -0.430. The van der Waals surface area contributed by atoms with Crippen molar-refractivity contribution in [1.82, 2.24) is 4.90 Å². The molecule has 0 radical (unpaired) electrons. The highest BCUT2D eigenvalue weighted by atomic mass is 35.5. The molecule has 1 aromatic carbocycles. The van der Waals surface area contributed by atoms with Crippen LogP contribution in [0.15, 0.2) is 24.3 Å². The fraction of sp³-hybridized carbons (Fsp3) is 0.417. The maximum atomic E-state index is 11.5. The zero-order valence-electron chi connectivity index (χ0n) is 9.93. The van der Waals surface area contributed by atoms with E-state index in [9.17, 15) is 4.79 Å². The summed E-state index contributed by atoms with van der Waals surface area (Å²) in [5.41, 5.74) is 7.87. The van der Waals surface area contributed by atoms with Crippen molar-refractivity contribution in [1.29, 1.82) is 0 Å². The van der Waals surface area contributed by atoms with E-state index < -0.39 is 6.04 Å². The first kappa shape index (κ1) is 14.9. The number of nitrogens with two attached hydrogens (primary N) is 1. The second-order valence-electron chi connectivity index (χ2n) is 3.97. The summed E-state index contributed by atoms with van der Waals surface area (Å²) in [6, 6.07) is 7.71. The van der Waals surface area contributed by atoms with Crippen molar-refractivity contribution in [3.63, 3.8) is 0 Å². The van der Waals surface area contributed by atoms with Gasteiger partial charge < -0.3 is 10.6 Å². The molecule has 0 spiro atoms. The van der Waals surface area contributed by atoms with Crippen LogP contribution in [0.2, 0.25) is 0 Å². The molecule has 1 rings (SSSR count). The lowest BCUT2D eigenvalue weighted by atomic mass is 10.1. The Kier molecular flexibility index (Phi) is 6.08. The Morgan fingerprint density at radius 2 is 1.88 bits per heavy atom. The van der Waals surface area contributed by atoms with E-state index in [1.54, 1.807) is 18.9 Å². The molecule has 3 nitrogen and oxygen atoms in total. The lowest BCUT2D eigenvalue weighted by molar-refractivity contribution is -0.131. The number of carbonyl (C=O) groups is 1. The van der Waals surface area contributed by atoms with Crippen molar-refractivity contribution < 1.29 is 4.79 Å². The van der Waals surface area contributed by atoms with Crippen LogP contribution in [0, 0.1) is 6.92 Å². The quantitative estimate of drug-likeness (QED) is 0.878. The maximum Gasteiger partial charge on any atom is 0.239 e. The highest BCUT2D eigenvalue weighted by Crippen LogP contribution is 2.06. The van der Waals surface area contributed by atoms with E-state index in [2.05, 4.69) is 0 Å². The average Bonchev–Trinajstić information content (AvgIpc) is 2.20. The predicted molar refractivity (Wildman–Crippen MR) is 68.6 cm³/mol. The molecule has 90 valence electrons. The molecule has 0 saturated heterocycles. The Hall–Kier alpha value is -1.06. The highest BCUT2D eigenvalue weighted by molar-refractivity contribution is 5.85. The molecule has 2 N–H and O–H groups in total. The molecule has 4 heteroatoms. The second-order valence-corrected chi connectivity index (χ2v) is 3.97. The summed E-state index contributed by atoms with van der Waals surface area (Å²) in [7, 11) is 1.77. The van der Waals surface area contributed by atoms with Crippen molar-refractivity contribution in [2.45, 2.75) is 26.4 Å². The van der Waals surface area contributed by atoms with Crippen LogP contribution < -0.4 is 5.73 Å². The molecule has 0 aliphatic rings. The van der Waals surface area contributed by atoms with Crippen molar-refractivity contribution in [2.75, 3.05) is 7.05 Å². The van der Waals surface area contributed by atoms with Gasteiger partial charge in [0.05, 0.1) is 6.04 Å². The fourth-order valence-corrected chi connectivity index (χ4v) is 1.39. The van der Waals surface area contributed by atoms with Crippen LogP contribution in [0.25, 0.3) is 0 Å².